The summed E-state index contributed by atoms with van der Waals surface area (Å²) in [6.45, 7) is 6.65. The van der Waals surface area contributed by atoms with Crippen LogP contribution in [0.4, 0.5) is 0 Å². The van der Waals surface area contributed by atoms with Gasteiger partial charge in [-0.05, 0) is 30.7 Å². The number of hydrogen-bond donors (Lipinski definition) is 0. The van der Waals surface area contributed by atoms with E-state index in [4.69, 9.17) is 4.98 Å². The van der Waals surface area contributed by atoms with Crippen molar-refractivity contribution in [2.45, 2.75) is 20.8 Å². The molecule has 6 aromatic carbocycles. The van der Waals surface area contributed by atoms with Crippen LogP contribution in [0, 0.1) is 32.9 Å². The summed E-state index contributed by atoms with van der Waals surface area (Å²) in [4.78, 5) is 9.56. The Kier molecular flexibility index (Phi) is 10.2. The number of benzene rings is 6. The van der Waals surface area contributed by atoms with Crippen molar-refractivity contribution in [3.8, 4) is 33.6 Å². The second kappa shape index (κ2) is 15.2. The minimum atomic E-state index is 0. The molecule has 0 unspecified atom stereocenters. The Morgan fingerprint density at radius 1 is 0.604 bits per heavy atom. The van der Waals surface area contributed by atoms with E-state index in [0.717, 1.165) is 22.5 Å². The summed E-state index contributed by atoms with van der Waals surface area (Å²) in [7, 11) is 0. The number of rotatable bonds is 3. The molecule has 6 heteroatoms. The SMILES string of the molecule is Cc1cnc(-c2[c-]cc(C)c(-c3ccccc3)c2)cc1C.[Ir].[c-]1ccc2c(c1-c1ccc3ccccc3n1)[Se]c1cccc3c1B2c1ccccc1[Se]3. The van der Waals surface area contributed by atoms with Crippen molar-refractivity contribution in [1.29, 1.82) is 0 Å². The molecule has 53 heavy (non-hydrogen) atoms. The van der Waals surface area contributed by atoms with Gasteiger partial charge >= 0.3 is 195 Å². The molecular formula is C47H33BIrN2Se2-2. The number of fused-ring (bicyclic) bond motifs is 5. The molecule has 8 aromatic rings. The molecule has 0 atom stereocenters. The van der Waals surface area contributed by atoms with Gasteiger partial charge in [-0.25, -0.2) is 0 Å². The van der Waals surface area contributed by atoms with Crippen LogP contribution in [0.5, 0.6) is 0 Å². The first-order chi connectivity index (χ1) is 25.5. The van der Waals surface area contributed by atoms with Crippen LogP contribution in [0.25, 0.3) is 44.5 Å². The maximum absolute atomic E-state index is 5.02. The van der Waals surface area contributed by atoms with Crippen molar-refractivity contribution >= 4 is 81.8 Å². The Labute approximate surface area is 338 Å². The second-order valence-electron chi connectivity index (χ2n) is 13.3. The molecule has 0 spiro atoms. The topological polar surface area (TPSA) is 25.8 Å². The molecule has 1 radical (unpaired) electrons. The van der Waals surface area contributed by atoms with Gasteiger partial charge < -0.3 is 4.98 Å². The molecule has 2 aliphatic rings. The predicted molar refractivity (Wildman–Crippen MR) is 222 cm³/mol. The van der Waals surface area contributed by atoms with Gasteiger partial charge in [0.1, 0.15) is 0 Å². The third-order valence-electron chi connectivity index (χ3n) is 10.0. The number of nitrogens with zero attached hydrogens (tertiary/aromatic N) is 2. The zero-order chi connectivity index (χ0) is 35.2. The summed E-state index contributed by atoms with van der Waals surface area (Å²) < 4.78 is 6.04. The molecule has 0 N–H and O–H groups in total. The number of aromatic nitrogens is 2. The number of pyridine rings is 2. The van der Waals surface area contributed by atoms with Crippen molar-refractivity contribution in [2.75, 3.05) is 0 Å². The van der Waals surface area contributed by atoms with Crippen LogP contribution < -0.4 is 34.2 Å². The predicted octanol–water partition coefficient (Wildman–Crippen LogP) is 5.29. The molecule has 0 fully saturated rings. The molecule has 0 saturated heterocycles. The van der Waals surface area contributed by atoms with Crippen molar-refractivity contribution in [2.24, 2.45) is 0 Å². The summed E-state index contributed by atoms with van der Waals surface area (Å²) in [6.07, 6.45) is 1.93. The molecule has 257 valence electrons. The van der Waals surface area contributed by atoms with Gasteiger partial charge in [-0.2, -0.15) is 0 Å². The van der Waals surface area contributed by atoms with E-state index >= 15 is 0 Å². The molecule has 10 rings (SSSR count). The standard InChI is InChI=1S/C27H15BNSe2.C20H18N.Ir/c1-3-11-21-17(7-1)15-16-22(29-21)18-8-5-10-20-27(18)31-25-14-6-13-24-26(25)28(20)19-9-2-4-12-23(19)30-24;1-14-9-10-18(20-11-15(2)16(3)13-21-20)12-19(14)17-7-5-4-6-8-17;/h1-7,9-16H;4-9,11-13H,1-3H3;/q2*-1;. The van der Waals surface area contributed by atoms with E-state index < -0.39 is 0 Å². The van der Waals surface area contributed by atoms with Crippen LogP contribution >= 0.6 is 0 Å². The van der Waals surface area contributed by atoms with E-state index in [9.17, 15) is 0 Å². The first-order valence-corrected chi connectivity index (χ1v) is 20.9. The summed E-state index contributed by atoms with van der Waals surface area (Å²) >= 11 is 0.635. The zero-order valence-corrected chi connectivity index (χ0v) is 35.3. The maximum atomic E-state index is 5.02. The third-order valence-corrected chi connectivity index (χ3v) is 15.0. The zero-order valence-electron chi connectivity index (χ0n) is 29.5. The molecule has 2 nitrogen and oxygen atoms in total. The fourth-order valence-electron chi connectivity index (χ4n) is 7.15. The Morgan fingerprint density at radius 2 is 1.36 bits per heavy atom. The average Bonchev–Trinajstić information content (AvgIpc) is 3.19. The van der Waals surface area contributed by atoms with Crippen LogP contribution in [0.2, 0.25) is 0 Å². The first kappa shape index (κ1) is 35.7. The number of aryl methyl sites for hydroxylation is 3. The van der Waals surface area contributed by atoms with E-state index in [1.54, 1.807) is 9.92 Å². The quantitative estimate of drug-likeness (QED) is 0.178. The molecule has 4 heterocycles. The molecule has 2 aromatic heterocycles. The fraction of sp³-hybridized carbons (Fsp3) is 0.0638. The molecule has 0 bridgehead atoms. The van der Waals surface area contributed by atoms with Gasteiger partial charge in [-0.15, -0.1) is 29.3 Å². The monoisotopic (exact) mass is 989 g/mol. The van der Waals surface area contributed by atoms with Crippen molar-refractivity contribution in [1.82, 2.24) is 9.97 Å². The van der Waals surface area contributed by atoms with Crippen LogP contribution in [-0.2, 0) is 20.1 Å². The number of para-hydroxylation sites is 1. The second-order valence-corrected chi connectivity index (χ2v) is 17.8. The van der Waals surface area contributed by atoms with Gasteiger partial charge in [-0.3, -0.25) is 0 Å². The third kappa shape index (κ3) is 6.82. The van der Waals surface area contributed by atoms with E-state index in [0.29, 0.717) is 21.7 Å². The van der Waals surface area contributed by atoms with E-state index in [1.165, 1.54) is 63.1 Å². The van der Waals surface area contributed by atoms with Crippen molar-refractivity contribution in [3.05, 3.63) is 175 Å². The van der Waals surface area contributed by atoms with Gasteiger partial charge in [0.05, 0.1) is 0 Å². The molecular weight excluding hydrogens is 953 g/mol. The molecule has 0 aliphatic carbocycles. The van der Waals surface area contributed by atoms with Crippen molar-refractivity contribution < 1.29 is 20.1 Å². The van der Waals surface area contributed by atoms with Crippen LogP contribution in [0.15, 0.2) is 146 Å². The molecule has 0 saturated carbocycles. The Morgan fingerprint density at radius 3 is 2.21 bits per heavy atom. The minimum absolute atomic E-state index is 0. The van der Waals surface area contributed by atoms with E-state index in [1.807, 2.05) is 12.3 Å². The van der Waals surface area contributed by atoms with Crippen LogP contribution in [-0.4, -0.2) is 46.6 Å². The van der Waals surface area contributed by atoms with Gasteiger partial charge in [0.25, 0.3) is 0 Å². The van der Waals surface area contributed by atoms with Crippen molar-refractivity contribution in [3.63, 3.8) is 0 Å². The summed E-state index contributed by atoms with van der Waals surface area (Å²) in [6, 6.07) is 56.9. The van der Waals surface area contributed by atoms with Crippen LogP contribution in [0.1, 0.15) is 16.7 Å². The Hall–Kier alpha value is -4.37. The molecule has 2 aliphatic heterocycles. The number of hydrogen-bond acceptors (Lipinski definition) is 2. The Balaban J connectivity index is 0.000000160. The summed E-state index contributed by atoms with van der Waals surface area (Å²) in [5.41, 5.74) is 16.0. The summed E-state index contributed by atoms with van der Waals surface area (Å²) in [5.74, 6) is 0. The molecule has 0 amide bonds. The van der Waals surface area contributed by atoms with E-state index in [-0.39, 0.29) is 35.1 Å². The van der Waals surface area contributed by atoms with Gasteiger partial charge in [-0.1, -0.05) is 54.4 Å². The van der Waals surface area contributed by atoms with Gasteiger partial charge in [0.2, 0.25) is 0 Å². The normalized spacial score (nSPS) is 12.1. The first-order valence-electron chi connectivity index (χ1n) is 17.5. The van der Waals surface area contributed by atoms with E-state index in [2.05, 4.69) is 171 Å². The fourth-order valence-corrected chi connectivity index (χ4v) is 12.6. The average molecular weight is 987 g/mol. The van der Waals surface area contributed by atoms with Crippen LogP contribution in [0.3, 0.4) is 0 Å². The Bertz CT molecular complexity index is 2640. The summed E-state index contributed by atoms with van der Waals surface area (Å²) in [5, 5.41) is 1.18. The van der Waals surface area contributed by atoms with Gasteiger partial charge in [0.15, 0.2) is 0 Å². The van der Waals surface area contributed by atoms with Gasteiger partial charge in [0, 0.05) is 26.3 Å².